The van der Waals surface area contributed by atoms with E-state index in [9.17, 15) is 18.3 Å². The molecule has 0 aromatic heterocycles. The van der Waals surface area contributed by atoms with Gasteiger partial charge in [-0.05, 0) is 28.5 Å². The number of hydrogen-bond donors (Lipinski definition) is 2. The third-order valence-corrected chi connectivity index (χ3v) is 6.11. The maximum Gasteiger partial charge on any atom is 0.221 e. The van der Waals surface area contributed by atoms with E-state index in [1.807, 2.05) is 42.5 Å². The number of aliphatic hydroxyl groups excluding tert-OH is 1. The Hall–Kier alpha value is -2.70. The van der Waals surface area contributed by atoms with Gasteiger partial charge in [-0.25, -0.2) is 8.42 Å². The molecule has 5 nitrogen and oxygen atoms in total. The normalized spacial score (nSPS) is 12.6. The van der Waals surface area contributed by atoms with E-state index >= 15 is 0 Å². The van der Waals surface area contributed by atoms with Crippen LogP contribution in [0.2, 0.25) is 0 Å². The molecule has 3 aromatic rings. The fraction of sp³-hybridized carbons (Fsp3) is 0.190. The number of fused-ring (bicyclic) bond motifs is 1. The fourth-order valence-electron chi connectivity index (χ4n) is 2.92. The van der Waals surface area contributed by atoms with E-state index in [4.69, 9.17) is 0 Å². The second kappa shape index (κ2) is 8.33. The van der Waals surface area contributed by atoms with E-state index < -0.39 is 21.8 Å². The molecule has 0 unspecified atom stereocenters. The molecule has 1 atom stereocenters. The van der Waals surface area contributed by atoms with E-state index in [1.165, 1.54) is 12.1 Å². The van der Waals surface area contributed by atoms with Gasteiger partial charge >= 0.3 is 0 Å². The molecule has 6 heteroatoms. The van der Waals surface area contributed by atoms with Crippen LogP contribution in [-0.2, 0) is 14.6 Å². The number of benzene rings is 3. The highest BCUT2D eigenvalue weighted by atomic mass is 32.2. The van der Waals surface area contributed by atoms with Crippen LogP contribution in [0, 0.1) is 0 Å². The van der Waals surface area contributed by atoms with Gasteiger partial charge in [-0.3, -0.25) is 4.79 Å². The summed E-state index contributed by atoms with van der Waals surface area (Å²) in [7, 11) is -3.50. The average Bonchev–Trinajstić information content (AvgIpc) is 2.70. The Bertz CT molecular complexity index is 1030. The topological polar surface area (TPSA) is 83.5 Å². The number of rotatable bonds is 7. The van der Waals surface area contributed by atoms with Crippen LogP contribution in [0.4, 0.5) is 0 Å². The van der Waals surface area contributed by atoms with E-state index in [0.29, 0.717) is 0 Å². The first-order valence-electron chi connectivity index (χ1n) is 8.67. The van der Waals surface area contributed by atoms with E-state index in [1.54, 1.807) is 18.2 Å². The molecular weight excluding hydrogens is 362 g/mol. The number of carbonyl (C=O) groups is 1. The Labute approximate surface area is 158 Å². The Morgan fingerprint density at radius 1 is 0.926 bits per heavy atom. The van der Waals surface area contributed by atoms with Crippen LogP contribution in [0.5, 0.6) is 0 Å². The molecule has 0 aliphatic rings. The standard InChI is InChI=1S/C21H21NO4S/c23-20(19-12-6-8-16-7-4-5-11-18(16)19)15-22-21(24)13-14-27(25,26)17-9-2-1-3-10-17/h1-12,20,23H,13-15H2,(H,22,24)/t20-/m0/s1. The van der Waals surface area contributed by atoms with Crippen LogP contribution >= 0.6 is 0 Å². The highest BCUT2D eigenvalue weighted by molar-refractivity contribution is 7.91. The van der Waals surface area contributed by atoms with Crippen molar-refractivity contribution in [1.29, 1.82) is 0 Å². The first kappa shape index (κ1) is 19.1. The second-order valence-corrected chi connectivity index (χ2v) is 8.38. The maximum absolute atomic E-state index is 12.2. The van der Waals surface area contributed by atoms with Crippen molar-refractivity contribution in [2.45, 2.75) is 17.4 Å². The number of amides is 1. The molecule has 0 aliphatic carbocycles. The molecule has 3 aromatic carbocycles. The molecule has 0 heterocycles. The number of carbonyl (C=O) groups excluding carboxylic acids is 1. The van der Waals surface area contributed by atoms with Crippen molar-refractivity contribution in [3.63, 3.8) is 0 Å². The van der Waals surface area contributed by atoms with Gasteiger partial charge < -0.3 is 10.4 Å². The summed E-state index contributed by atoms with van der Waals surface area (Å²) in [6.45, 7) is 0.0260. The molecule has 0 saturated heterocycles. The minimum atomic E-state index is -3.50. The van der Waals surface area contributed by atoms with Crippen LogP contribution in [0.15, 0.2) is 77.7 Å². The molecule has 0 aliphatic heterocycles. The molecule has 2 N–H and O–H groups in total. The van der Waals surface area contributed by atoms with Crippen LogP contribution < -0.4 is 5.32 Å². The fourth-order valence-corrected chi connectivity index (χ4v) is 4.18. The van der Waals surface area contributed by atoms with Gasteiger partial charge in [0.15, 0.2) is 9.84 Å². The molecule has 27 heavy (non-hydrogen) atoms. The molecule has 1 amide bonds. The number of nitrogens with one attached hydrogen (secondary N) is 1. The summed E-state index contributed by atoms with van der Waals surface area (Å²) in [4.78, 5) is 12.2. The lowest BCUT2D eigenvalue weighted by atomic mass is 10.0. The molecule has 0 fully saturated rings. The Morgan fingerprint density at radius 2 is 1.59 bits per heavy atom. The minimum Gasteiger partial charge on any atom is -0.387 e. The Kier molecular flexibility index (Phi) is 5.88. The third-order valence-electron chi connectivity index (χ3n) is 4.38. The lowest BCUT2D eigenvalue weighted by Gasteiger charge is -2.15. The zero-order chi connectivity index (χ0) is 19.3. The van der Waals surface area contributed by atoms with Crippen LogP contribution in [0.1, 0.15) is 18.1 Å². The summed E-state index contributed by atoms with van der Waals surface area (Å²) in [5.74, 6) is -0.679. The number of sulfone groups is 1. The van der Waals surface area contributed by atoms with E-state index in [2.05, 4.69) is 5.32 Å². The SMILES string of the molecule is O=C(CCS(=O)(=O)c1ccccc1)NC[C@H](O)c1cccc2ccccc12. The van der Waals surface area contributed by atoms with Crippen molar-refractivity contribution in [3.05, 3.63) is 78.4 Å². The molecule has 3 rings (SSSR count). The maximum atomic E-state index is 12.2. The predicted molar refractivity (Wildman–Crippen MR) is 105 cm³/mol. The van der Waals surface area contributed by atoms with Crippen molar-refractivity contribution >= 4 is 26.5 Å². The van der Waals surface area contributed by atoms with Crippen molar-refractivity contribution in [2.24, 2.45) is 0 Å². The summed E-state index contributed by atoms with van der Waals surface area (Å²) in [6, 6.07) is 21.4. The third kappa shape index (κ3) is 4.72. The zero-order valence-corrected chi connectivity index (χ0v) is 15.5. The Balaban J connectivity index is 1.57. The van der Waals surface area contributed by atoms with Crippen LogP contribution in [0.25, 0.3) is 10.8 Å². The van der Waals surface area contributed by atoms with Gasteiger partial charge in [0.1, 0.15) is 0 Å². The quantitative estimate of drug-likeness (QED) is 0.657. The largest absolute Gasteiger partial charge is 0.387 e. The van der Waals surface area contributed by atoms with Crippen molar-refractivity contribution in [3.8, 4) is 0 Å². The van der Waals surface area contributed by atoms with Gasteiger partial charge in [-0.2, -0.15) is 0 Å². The zero-order valence-electron chi connectivity index (χ0n) is 14.7. The molecule has 0 spiro atoms. The average molecular weight is 383 g/mol. The summed E-state index contributed by atoms with van der Waals surface area (Å²) >= 11 is 0. The summed E-state index contributed by atoms with van der Waals surface area (Å²) in [6.07, 6.45) is -1.02. The summed E-state index contributed by atoms with van der Waals surface area (Å²) < 4.78 is 24.4. The van der Waals surface area contributed by atoms with Crippen molar-refractivity contribution < 1.29 is 18.3 Å². The van der Waals surface area contributed by atoms with Crippen LogP contribution in [-0.4, -0.2) is 31.7 Å². The van der Waals surface area contributed by atoms with Gasteiger partial charge in [0.2, 0.25) is 5.91 Å². The van der Waals surface area contributed by atoms with Gasteiger partial charge in [0, 0.05) is 13.0 Å². The smallest absolute Gasteiger partial charge is 0.221 e. The molecule has 140 valence electrons. The summed E-state index contributed by atoms with van der Waals surface area (Å²) in [5, 5.41) is 15.0. The monoisotopic (exact) mass is 383 g/mol. The van der Waals surface area contributed by atoms with Gasteiger partial charge in [0.05, 0.1) is 16.8 Å². The first-order valence-corrected chi connectivity index (χ1v) is 10.3. The molecule has 0 radical (unpaired) electrons. The molecule has 0 bridgehead atoms. The van der Waals surface area contributed by atoms with Crippen molar-refractivity contribution in [1.82, 2.24) is 5.32 Å². The highest BCUT2D eigenvalue weighted by Crippen LogP contribution is 2.23. The Morgan fingerprint density at radius 3 is 2.37 bits per heavy atom. The molecular formula is C21H21NO4S. The van der Waals surface area contributed by atoms with Crippen LogP contribution in [0.3, 0.4) is 0 Å². The first-order chi connectivity index (χ1) is 13.0. The van der Waals surface area contributed by atoms with E-state index in [-0.39, 0.29) is 23.6 Å². The molecule has 0 saturated carbocycles. The second-order valence-electron chi connectivity index (χ2n) is 6.27. The van der Waals surface area contributed by atoms with Gasteiger partial charge in [-0.15, -0.1) is 0 Å². The highest BCUT2D eigenvalue weighted by Gasteiger charge is 2.17. The summed E-state index contributed by atoms with van der Waals surface area (Å²) in [5.41, 5.74) is 0.727. The number of hydrogen-bond acceptors (Lipinski definition) is 4. The minimum absolute atomic E-state index is 0.0260. The van der Waals surface area contributed by atoms with E-state index in [0.717, 1.165) is 16.3 Å². The number of aliphatic hydroxyl groups is 1. The predicted octanol–water partition coefficient (Wildman–Crippen LogP) is 2.85. The van der Waals surface area contributed by atoms with Gasteiger partial charge in [-0.1, -0.05) is 60.7 Å². The van der Waals surface area contributed by atoms with Gasteiger partial charge in [0.25, 0.3) is 0 Å². The lowest BCUT2D eigenvalue weighted by Crippen LogP contribution is -2.29. The van der Waals surface area contributed by atoms with Crippen molar-refractivity contribution in [2.75, 3.05) is 12.3 Å². The lowest BCUT2D eigenvalue weighted by molar-refractivity contribution is -0.121.